The van der Waals surface area contributed by atoms with Crippen LogP contribution in [0.5, 0.6) is 0 Å². The maximum Gasteiger partial charge on any atom is 0.138 e. The van der Waals surface area contributed by atoms with Gasteiger partial charge in [0, 0.05) is 6.20 Å². The highest BCUT2D eigenvalue weighted by Crippen LogP contribution is 2.20. The SMILES string of the molecule is Nc1nccc(CO)c1Br. The molecule has 54 valence electrons. The first-order valence-corrected chi connectivity index (χ1v) is 3.54. The molecule has 0 aliphatic heterocycles. The third kappa shape index (κ3) is 1.27. The molecule has 1 aromatic rings. The predicted octanol–water partition coefficient (Wildman–Crippen LogP) is 0.919. The summed E-state index contributed by atoms with van der Waals surface area (Å²) in [6.45, 7) is -0.0205. The molecule has 1 rings (SSSR count). The minimum atomic E-state index is -0.0205. The number of nitrogens with two attached hydrogens (primary N) is 1. The van der Waals surface area contributed by atoms with E-state index in [1.54, 1.807) is 12.3 Å². The highest BCUT2D eigenvalue weighted by atomic mass is 79.9. The third-order valence-corrected chi connectivity index (χ3v) is 2.08. The molecule has 0 atom stereocenters. The van der Waals surface area contributed by atoms with Crippen LogP contribution in [0.2, 0.25) is 0 Å². The minimum Gasteiger partial charge on any atom is -0.392 e. The van der Waals surface area contributed by atoms with Crippen LogP contribution in [0.1, 0.15) is 5.56 Å². The third-order valence-electron chi connectivity index (χ3n) is 1.17. The molecule has 0 radical (unpaired) electrons. The Balaban J connectivity index is 3.14. The van der Waals surface area contributed by atoms with E-state index in [1.807, 2.05) is 0 Å². The average molecular weight is 203 g/mol. The zero-order chi connectivity index (χ0) is 7.56. The number of hydrogen-bond acceptors (Lipinski definition) is 3. The molecular weight excluding hydrogens is 196 g/mol. The lowest BCUT2D eigenvalue weighted by Crippen LogP contribution is -1.94. The molecule has 0 spiro atoms. The van der Waals surface area contributed by atoms with Gasteiger partial charge in [0.25, 0.3) is 0 Å². The van der Waals surface area contributed by atoms with Gasteiger partial charge in [0.1, 0.15) is 5.82 Å². The van der Waals surface area contributed by atoms with E-state index in [-0.39, 0.29) is 6.61 Å². The molecule has 3 nitrogen and oxygen atoms in total. The van der Waals surface area contributed by atoms with Gasteiger partial charge in [-0.2, -0.15) is 0 Å². The fourth-order valence-corrected chi connectivity index (χ4v) is 0.984. The summed E-state index contributed by atoms with van der Waals surface area (Å²) in [5, 5.41) is 8.73. The number of nitrogens with zero attached hydrogens (tertiary/aromatic N) is 1. The van der Waals surface area contributed by atoms with Gasteiger partial charge in [0.05, 0.1) is 11.1 Å². The summed E-state index contributed by atoms with van der Waals surface area (Å²) in [6.07, 6.45) is 1.56. The van der Waals surface area contributed by atoms with E-state index >= 15 is 0 Å². The summed E-state index contributed by atoms with van der Waals surface area (Å²) in [5.74, 6) is 0.409. The van der Waals surface area contributed by atoms with E-state index in [4.69, 9.17) is 10.8 Å². The van der Waals surface area contributed by atoms with Gasteiger partial charge in [-0.3, -0.25) is 0 Å². The van der Waals surface area contributed by atoms with Crippen molar-refractivity contribution in [3.8, 4) is 0 Å². The van der Waals surface area contributed by atoms with E-state index in [0.29, 0.717) is 10.3 Å². The van der Waals surface area contributed by atoms with Crippen LogP contribution in [0.25, 0.3) is 0 Å². The van der Waals surface area contributed by atoms with Crippen LogP contribution in [0.15, 0.2) is 16.7 Å². The van der Waals surface area contributed by atoms with Crippen LogP contribution < -0.4 is 5.73 Å². The molecular formula is C6H7BrN2O. The van der Waals surface area contributed by atoms with Gasteiger partial charge in [-0.1, -0.05) is 0 Å². The Morgan fingerprint density at radius 2 is 2.40 bits per heavy atom. The first-order chi connectivity index (χ1) is 4.75. The van der Waals surface area contributed by atoms with Crippen molar-refractivity contribution in [1.29, 1.82) is 0 Å². The average Bonchev–Trinajstić information content (AvgIpc) is 1.95. The number of aromatic nitrogens is 1. The number of anilines is 1. The zero-order valence-electron chi connectivity index (χ0n) is 5.21. The Morgan fingerprint density at radius 3 is 2.90 bits per heavy atom. The predicted molar refractivity (Wildman–Crippen MR) is 42.3 cm³/mol. The largest absolute Gasteiger partial charge is 0.392 e. The second-order valence-electron chi connectivity index (χ2n) is 1.83. The van der Waals surface area contributed by atoms with Crippen LogP contribution in [-0.2, 0) is 6.61 Å². The van der Waals surface area contributed by atoms with Crippen molar-refractivity contribution < 1.29 is 5.11 Å². The van der Waals surface area contributed by atoms with Crippen molar-refractivity contribution in [1.82, 2.24) is 4.98 Å². The molecule has 0 bridgehead atoms. The lowest BCUT2D eigenvalue weighted by molar-refractivity contribution is 0.281. The lowest BCUT2D eigenvalue weighted by atomic mass is 10.3. The molecule has 4 heteroatoms. The minimum absolute atomic E-state index is 0.0205. The molecule has 0 amide bonds. The number of aliphatic hydroxyl groups excluding tert-OH is 1. The Kier molecular flexibility index (Phi) is 2.24. The van der Waals surface area contributed by atoms with Gasteiger partial charge in [-0.25, -0.2) is 4.98 Å². The van der Waals surface area contributed by atoms with Crippen LogP contribution in [0, 0.1) is 0 Å². The van der Waals surface area contributed by atoms with Gasteiger partial charge in [0.15, 0.2) is 0 Å². The maximum absolute atomic E-state index is 8.73. The van der Waals surface area contributed by atoms with Crippen molar-refractivity contribution >= 4 is 21.7 Å². The lowest BCUT2D eigenvalue weighted by Gasteiger charge is -2.00. The second kappa shape index (κ2) is 2.98. The highest BCUT2D eigenvalue weighted by Gasteiger charge is 2.00. The van der Waals surface area contributed by atoms with Crippen LogP contribution in [0.4, 0.5) is 5.82 Å². The van der Waals surface area contributed by atoms with E-state index in [1.165, 1.54) is 0 Å². The number of nitrogen functional groups attached to an aromatic ring is 1. The molecule has 0 saturated heterocycles. The van der Waals surface area contributed by atoms with Crippen molar-refractivity contribution in [2.45, 2.75) is 6.61 Å². The Morgan fingerprint density at radius 1 is 1.70 bits per heavy atom. The van der Waals surface area contributed by atoms with Gasteiger partial charge in [-0.15, -0.1) is 0 Å². The van der Waals surface area contributed by atoms with Gasteiger partial charge in [-0.05, 0) is 27.6 Å². The summed E-state index contributed by atoms with van der Waals surface area (Å²) in [7, 11) is 0. The number of aliphatic hydroxyl groups is 1. The highest BCUT2D eigenvalue weighted by molar-refractivity contribution is 9.10. The van der Waals surface area contributed by atoms with E-state index in [9.17, 15) is 0 Å². The van der Waals surface area contributed by atoms with Crippen LogP contribution >= 0.6 is 15.9 Å². The Bertz CT molecular complexity index is 239. The molecule has 1 aromatic heterocycles. The standard InChI is InChI=1S/C6H7BrN2O/c7-5-4(3-10)1-2-9-6(5)8/h1-2,10H,3H2,(H2,8,9). The van der Waals surface area contributed by atoms with Gasteiger partial charge in [0.2, 0.25) is 0 Å². The Hall–Kier alpha value is -0.610. The van der Waals surface area contributed by atoms with Crippen molar-refractivity contribution in [2.24, 2.45) is 0 Å². The molecule has 0 aliphatic carbocycles. The summed E-state index contributed by atoms with van der Waals surface area (Å²) >= 11 is 3.19. The van der Waals surface area contributed by atoms with Gasteiger partial charge < -0.3 is 10.8 Å². The number of rotatable bonds is 1. The number of pyridine rings is 1. The van der Waals surface area contributed by atoms with E-state index in [0.717, 1.165) is 5.56 Å². The van der Waals surface area contributed by atoms with Crippen LogP contribution in [-0.4, -0.2) is 10.1 Å². The van der Waals surface area contributed by atoms with E-state index < -0.39 is 0 Å². The number of hydrogen-bond donors (Lipinski definition) is 2. The summed E-state index contributed by atoms with van der Waals surface area (Å²) < 4.78 is 0.678. The summed E-state index contributed by atoms with van der Waals surface area (Å²) in [4.78, 5) is 3.81. The summed E-state index contributed by atoms with van der Waals surface area (Å²) in [5.41, 5.74) is 6.18. The molecule has 10 heavy (non-hydrogen) atoms. The number of halogens is 1. The van der Waals surface area contributed by atoms with E-state index in [2.05, 4.69) is 20.9 Å². The fourth-order valence-electron chi connectivity index (χ4n) is 0.624. The fraction of sp³-hybridized carbons (Fsp3) is 0.167. The second-order valence-corrected chi connectivity index (χ2v) is 2.62. The zero-order valence-corrected chi connectivity index (χ0v) is 6.80. The van der Waals surface area contributed by atoms with Gasteiger partial charge >= 0.3 is 0 Å². The van der Waals surface area contributed by atoms with Crippen molar-refractivity contribution in [3.63, 3.8) is 0 Å². The topological polar surface area (TPSA) is 59.1 Å². The normalized spacial score (nSPS) is 9.80. The molecule has 1 heterocycles. The molecule has 3 N–H and O–H groups in total. The smallest absolute Gasteiger partial charge is 0.138 e. The van der Waals surface area contributed by atoms with Crippen molar-refractivity contribution in [2.75, 3.05) is 5.73 Å². The molecule has 0 fully saturated rings. The molecule has 0 aromatic carbocycles. The van der Waals surface area contributed by atoms with Crippen molar-refractivity contribution in [3.05, 3.63) is 22.3 Å². The molecule has 0 aliphatic rings. The van der Waals surface area contributed by atoms with Crippen LogP contribution in [0.3, 0.4) is 0 Å². The monoisotopic (exact) mass is 202 g/mol. The quantitative estimate of drug-likeness (QED) is 0.713. The Labute approximate surface area is 67.0 Å². The molecule has 0 unspecified atom stereocenters. The maximum atomic E-state index is 8.73. The first kappa shape index (κ1) is 7.50. The first-order valence-electron chi connectivity index (χ1n) is 2.75. The summed E-state index contributed by atoms with van der Waals surface area (Å²) in [6, 6.07) is 1.71. The molecule has 0 saturated carbocycles.